The zero-order chi connectivity index (χ0) is 17.4. The number of nitro groups is 1. The third-order valence-electron chi connectivity index (χ3n) is 4.36. The molecule has 3 aromatic rings. The summed E-state index contributed by atoms with van der Waals surface area (Å²) in [6, 6.07) is 6.32. The van der Waals surface area contributed by atoms with Crippen LogP contribution in [0.1, 0.15) is 34.7 Å². The van der Waals surface area contributed by atoms with Crippen molar-refractivity contribution in [2.75, 3.05) is 0 Å². The van der Waals surface area contributed by atoms with Crippen LogP contribution in [0.2, 0.25) is 0 Å². The highest BCUT2D eigenvalue weighted by Gasteiger charge is 2.19. The van der Waals surface area contributed by atoms with Gasteiger partial charge in [0.15, 0.2) is 0 Å². The number of thiophene rings is 1. The minimum atomic E-state index is -0.431. The Morgan fingerprint density at radius 1 is 1.24 bits per heavy atom. The van der Waals surface area contributed by atoms with E-state index in [1.54, 1.807) is 35.6 Å². The predicted molar refractivity (Wildman–Crippen MR) is 98.9 cm³/mol. The molecule has 1 aliphatic rings. The first-order valence-electron chi connectivity index (χ1n) is 8.09. The van der Waals surface area contributed by atoms with Gasteiger partial charge in [-0.15, -0.1) is 11.3 Å². The van der Waals surface area contributed by atoms with Gasteiger partial charge in [0.25, 0.3) is 11.2 Å². The zero-order valence-electron chi connectivity index (χ0n) is 13.3. The second-order valence-corrected chi connectivity index (χ2v) is 7.11. The topological polar surface area (TPSA) is 88.9 Å². The maximum Gasteiger partial charge on any atom is 0.270 e. The Morgan fingerprint density at radius 2 is 2.08 bits per heavy atom. The van der Waals surface area contributed by atoms with Gasteiger partial charge in [-0.2, -0.15) is 0 Å². The average molecular weight is 353 g/mol. The Morgan fingerprint density at radius 3 is 2.92 bits per heavy atom. The monoisotopic (exact) mass is 353 g/mol. The van der Waals surface area contributed by atoms with E-state index in [0.29, 0.717) is 11.4 Å². The molecule has 1 aromatic carbocycles. The predicted octanol–water partition coefficient (Wildman–Crippen LogP) is 3.94. The van der Waals surface area contributed by atoms with Gasteiger partial charge in [0.05, 0.1) is 10.3 Å². The molecule has 0 spiro atoms. The quantitative estimate of drug-likeness (QED) is 0.570. The van der Waals surface area contributed by atoms with Crippen LogP contribution in [-0.2, 0) is 12.8 Å². The highest BCUT2D eigenvalue weighted by Crippen LogP contribution is 2.33. The van der Waals surface area contributed by atoms with E-state index < -0.39 is 4.92 Å². The first-order valence-corrected chi connectivity index (χ1v) is 8.90. The van der Waals surface area contributed by atoms with Crippen molar-refractivity contribution < 1.29 is 4.92 Å². The van der Waals surface area contributed by atoms with Crippen molar-refractivity contribution >= 4 is 39.4 Å². The summed E-state index contributed by atoms with van der Waals surface area (Å²) in [5.74, 6) is 0.461. The molecule has 25 heavy (non-hydrogen) atoms. The number of nitro benzene ring substituents is 1. The number of H-pyrrole nitrogens is 1. The summed E-state index contributed by atoms with van der Waals surface area (Å²) in [5.41, 5.74) is 1.77. The molecule has 0 saturated heterocycles. The third-order valence-corrected chi connectivity index (χ3v) is 5.54. The SMILES string of the molecule is O=c1[nH]c(/C=C/c2cccc([N+](=O)[O-])c2)nc2sc3c(c12)CCCC3. The van der Waals surface area contributed by atoms with E-state index in [1.165, 1.54) is 17.0 Å². The summed E-state index contributed by atoms with van der Waals surface area (Å²) < 4.78 is 0. The summed E-state index contributed by atoms with van der Waals surface area (Å²) in [6.45, 7) is 0. The number of aromatic nitrogens is 2. The van der Waals surface area contributed by atoms with E-state index >= 15 is 0 Å². The van der Waals surface area contributed by atoms with Gasteiger partial charge in [0.1, 0.15) is 10.7 Å². The number of nitrogens with one attached hydrogen (secondary N) is 1. The van der Waals surface area contributed by atoms with Crippen LogP contribution in [0.4, 0.5) is 5.69 Å². The van der Waals surface area contributed by atoms with Crippen LogP contribution in [0.15, 0.2) is 29.1 Å². The number of non-ortho nitro benzene ring substituents is 1. The lowest BCUT2D eigenvalue weighted by Gasteiger charge is -2.09. The normalized spacial score (nSPS) is 14.1. The van der Waals surface area contributed by atoms with E-state index in [0.717, 1.165) is 41.5 Å². The smallest absolute Gasteiger partial charge is 0.270 e. The van der Waals surface area contributed by atoms with Gasteiger partial charge in [-0.3, -0.25) is 14.9 Å². The number of aryl methyl sites for hydroxylation is 2. The number of hydrogen-bond donors (Lipinski definition) is 1. The van der Waals surface area contributed by atoms with Crippen molar-refractivity contribution in [1.82, 2.24) is 9.97 Å². The van der Waals surface area contributed by atoms with Crippen LogP contribution in [0, 0.1) is 10.1 Å². The molecule has 0 unspecified atom stereocenters. The lowest BCUT2D eigenvalue weighted by molar-refractivity contribution is -0.384. The molecule has 6 nitrogen and oxygen atoms in total. The third kappa shape index (κ3) is 2.98. The molecule has 0 atom stereocenters. The molecule has 0 radical (unpaired) electrons. The Kier molecular flexibility index (Phi) is 3.93. The second-order valence-electron chi connectivity index (χ2n) is 6.03. The average Bonchev–Trinajstić information content (AvgIpc) is 2.99. The summed E-state index contributed by atoms with van der Waals surface area (Å²) in [4.78, 5) is 32.3. The van der Waals surface area contributed by atoms with Crippen LogP contribution >= 0.6 is 11.3 Å². The molecule has 126 valence electrons. The molecule has 0 aliphatic heterocycles. The molecule has 1 aliphatic carbocycles. The van der Waals surface area contributed by atoms with Gasteiger partial charge in [-0.1, -0.05) is 18.2 Å². The van der Waals surface area contributed by atoms with E-state index in [4.69, 9.17) is 0 Å². The van der Waals surface area contributed by atoms with Gasteiger partial charge in [0.2, 0.25) is 0 Å². The molecular formula is C18H15N3O3S. The standard InChI is InChI=1S/C18H15N3O3S/c22-17-16-13-6-1-2-7-14(13)25-18(16)20-15(19-17)9-8-11-4-3-5-12(10-11)21(23)24/h3-5,8-10H,1-2,6-7H2,(H,19,20,22)/b9-8+. The summed E-state index contributed by atoms with van der Waals surface area (Å²) in [5, 5.41) is 11.6. The van der Waals surface area contributed by atoms with Gasteiger partial charge >= 0.3 is 0 Å². The van der Waals surface area contributed by atoms with Gasteiger partial charge < -0.3 is 4.98 Å². The van der Waals surface area contributed by atoms with Crippen molar-refractivity contribution in [3.8, 4) is 0 Å². The van der Waals surface area contributed by atoms with Gasteiger partial charge in [0, 0.05) is 17.0 Å². The van der Waals surface area contributed by atoms with Gasteiger partial charge in [-0.25, -0.2) is 4.98 Å². The number of aromatic amines is 1. The van der Waals surface area contributed by atoms with Gasteiger partial charge in [-0.05, 0) is 42.9 Å². The van der Waals surface area contributed by atoms with Crippen molar-refractivity contribution in [3.05, 3.63) is 66.6 Å². The Hall–Kier alpha value is -2.80. The van der Waals surface area contributed by atoms with Crippen molar-refractivity contribution in [2.24, 2.45) is 0 Å². The fourth-order valence-electron chi connectivity index (χ4n) is 3.18. The molecule has 7 heteroatoms. The molecule has 0 saturated carbocycles. The fraction of sp³-hybridized carbons (Fsp3) is 0.222. The van der Waals surface area contributed by atoms with Crippen LogP contribution < -0.4 is 5.56 Å². The number of benzene rings is 1. The largest absolute Gasteiger partial charge is 0.306 e. The summed E-state index contributed by atoms with van der Waals surface area (Å²) >= 11 is 1.60. The Labute approximate surface area is 147 Å². The summed E-state index contributed by atoms with van der Waals surface area (Å²) in [6.07, 6.45) is 7.64. The molecule has 2 heterocycles. The second kappa shape index (κ2) is 6.25. The first-order chi connectivity index (χ1) is 12.1. The van der Waals surface area contributed by atoms with Crippen molar-refractivity contribution in [1.29, 1.82) is 0 Å². The highest BCUT2D eigenvalue weighted by molar-refractivity contribution is 7.18. The molecule has 2 aromatic heterocycles. The first kappa shape index (κ1) is 15.7. The zero-order valence-corrected chi connectivity index (χ0v) is 14.1. The maximum atomic E-state index is 12.5. The van der Waals surface area contributed by atoms with E-state index in [2.05, 4.69) is 9.97 Å². The van der Waals surface area contributed by atoms with E-state index in [1.807, 2.05) is 0 Å². The number of rotatable bonds is 3. The fourth-order valence-corrected chi connectivity index (χ4v) is 4.45. The molecule has 1 N–H and O–H groups in total. The number of hydrogen-bond acceptors (Lipinski definition) is 5. The van der Waals surface area contributed by atoms with Crippen LogP contribution in [0.25, 0.3) is 22.4 Å². The van der Waals surface area contributed by atoms with Crippen molar-refractivity contribution in [3.63, 3.8) is 0 Å². The molecule has 0 bridgehead atoms. The lowest BCUT2D eigenvalue weighted by atomic mass is 9.97. The highest BCUT2D eigenvalue weighted by atomic mass is 32.1. The molecular weight excluding hydrogens is 338 g/mol. The Balaban J connectivity index is 1.71. The lowest BCUT2D eigenvalue weighted by Crippen LogP contribution is -2.11. The van der Waals surface area contributed by atoms with Crippen LogP contribution in [0.3, 0.4) is 0 Å². The van der Waals surface area contributed by atoms with Crippen LogP contribution in [0.5, 0.6) is 0 Å². The number of nitrogens with zero attached hydrogens (tertiary/aromatic N) is 2. The Bertz CT molecular complexity index is 1070. The minimum Gasteiger partial charge on any atom is -0.306 e. The summed E-state index contributed by atoms with van der Waals surface area (Å²) in [7, 11) is 0. The molecule has 0 amide bonds. The molecule has 0 fully saturated rings. The van der Waals surface area contributed by atoms with Crippen LogP contribution in [-0.4, -0.2) is 14.9 Å². The number of fused-ring (bicyclic) bond motifs is 3. The molecule has 4 rings (SSSR count). The van der Waals surface area contributed by atoms with E-state index in [-0.39, 0.29) is 11.2 Å². The minimum absolute atomic E-state index is 0.0324. The van der Waals surface area contributed by atoms with Crippen molar-refractivity contribution in [2.45, 2.75) is 25.7 Å². The van der Waals surface area contributed by atoms with E-state index in [9.17, 15) is 14.9 Å². The maximum absolute atomic E-state index is 12.5.